The number of benzene rings is 2. The molecule has 0 bridgehead atoms. The maximum atomic E-state index is 12.2. The molecule has 0 saturated carbocycles. The molecule has 2 aromatic carbocycles. The van der Waals surface area contributed by atoms with Gasteiger partial charge in [-0.2, -0.15) is 16.8 Å². The van der Waals surface area contributed by atoms with Crippen molar-refractivity contribution in [3.05, 3.63) is 84.4 Å². The topological polar surface area (TPSA) is 124 Å². The van der Waals surface area contributed by atoms with Crippen LogP contribution in [0.25, 0.3) is 0 Å². The molecule has 0 aromatic heterocycles. The van der Waals surface area contributed by atoms with Crippen LogP contribution in [0.15, 0.2) is 73.3 Å². The minimum atomic E-state index is -4.01. The first-order valence-corrected chi connectivity index (χ1v) is 15.0. The summed E-state index contributed by atoms with van der Waals surface area (Å²) in [5.41, 5.74) is -0.0379. The van der Waals surface area contributed by atoms with Crippen molar-refractivity contribution < 1.29 is 44.1 Å². The molecule has 204 valence electrons. The smallest absolute Gasteiger partial charge is 0.264 e. The van der Waals surface area contributed by atoms with Crippen LogP contribution in [0.4, 0.5) is 0 Å². The molecule has 1 saturated heterocycles. The summed E-state index contributed by atoms with van der Waals surface area (Å²) in [5.74, 6) is 0. The van der Waals surface area contributed by atoms with Gasteiger partial charge in [-0.05, 0) is 11.1 Å². The van der Waals surface area contributed by atoms with Crippen LogP contribution in [-0.4, -0.2) is 73.3 Å². The van der Waals surface area contributed by atoms with Gasteiger partial charge in [0.15, 0.2) is 12.4 Å². The molecule has 0 unspecified atom stereocenters. The highest BCUT2D eigenvalue weighted by Gasteiger charge is 2.61. The van der Waals surface area contributed by atoms with Gasteiger partial charge in [-0.3, -0.25) is 8.37 Å². The minimum absolute atomic E-state index is 0.0329. The van der Waals surface area contributed by atoms with Crippen LogP contribution in [0.1, 0.15) is 11.1 Å². The van der Waals surface area contributed by atoms with E-state index in [0.717, 1.165) is 23.6 Å². The zero-order valence-electron chi connectivity index (χ0n) is 20.9. The third kappa shape index (κ3) is 8.16. The van der Waals surface area contributed by atoms with E-state index in [4.69, 9.17) is 27.3 Å². The molecule has 0 amide bonds. The van der Waals surface area contributed by atoms with Gasteiger partial charge in [-0.15, -0.1) is 6.58 Å². The van der Waals surface area contributed by atoms with E-state index in [2.05, 4.69) is 6.58 Å². The Bertz CT molecular complexity index is 1220. The molecule has 12 heteroatoms. The zero-order valence-corrected chi connectivity index (χ0v) is 22.5. The summed E-state index contributed by atoms with van der Waals surface area (Å²) in [6, 6.07) is 18.4. The van der Waals surface area contributed by atoms with E-state index in [1.54, 1.807) is 0 Å². The van der Waals surface area contributed by atoms with Gasteiger partial charge in [-0.1, -0.05) is 66.7 Å². The summed E-state index contributed by atoms with van der Waals surface area (Å²) in [4.78, 5) is 0. The van der Waals surface area contributed by atoms with E-state index >= 15 is 0 Å². The highest BCUT2D eigenvalue weighted by molar-refractivity contribution is 7.86. The predicted octanol–water partition coefficient (Wildman–Crippen LogP) is 2.41. The summed E-state index contributed by atoms with van der Waals surface area (Å²) >= 11 is 0. The van der Waals surface area contributed by atoms with Crippen molar-refractivity contribution in [2.45, 2.75) is 43.4 Å². The Morgan fingerprint density at radius 2 is 1.51 bits per heavy atom. The van der Waals surface area contributed by atoms with Gasteiger partial charge < -0.3 is 18.9 Å². The Kier molecular flexibility index (Phi) is 10.0. The molecule has 1 fully saturated rings. The molecule has 37 heavy (non-hydrogen) atoms. The lowest BCUT2D eigenvalue weighted by Gasteiger charge is -2.38. The molecule has 0 radical (unpaired) electrons. The largest absolute Gasteiger partial charge is 0.368 e. The zero-order chi connectivity index (χ0) is 27.1. The van der Waals surface area contributed by atoms with Crippen molar-refractivity contribution in [2.75, 3.05) is 26.2 Å². The van der Waals surface area contributed by atoms with E-state index < -0.39 is 57.0 Å². The van der Waals surface area contributed by atoms with Crippen molar-refractivity contribution in [3.63, 3.8) is 0 Å². The van der Waals surface area contributed by atoms with Crippen LogP contribution in [0, 0.1) is 0 Å². The van der Waals surface area contributed by atoms with Gasteiger partial charge in [0.25, 0.3) is 20.2 Å². The van der Waals surface area contributed by atoms with Crippen LogP contribution in [-0.2, 0) is 60.8 Å². The van der Waals surface area contributed by atoms with Crippen LogP contribution in [0.2, 0.25) is 0 Å². The van der Waals surface area contributed by atoms with Gasteiger partial charge in [0.2, 0.25) is 0 Å². The number of ether oxygens (including phenoxy) is 4. The molecular formula is C25H32O10S2. The van der Waals surface area contributed by atoms with Crippen LogP contribution >= 0.6 is 0 Å². The lowest BCUT2D eigenvalue weighted by Crippen LogP contribution is -2.55. The maximum Gasteiger partial charge on any atom is 0.264 e. The molecule has 5 atom stereocenters. The minimum Gasteiger partial charge on any atom is -0.368 e. The fourth-order valence-electron chi connectivity index (χ4n) is 3.99. The molecule has 1 aliphatic rings. The molecule has 0 spiro atoms. The fraction of sp³-hybridized carbons (Fsp3) is 0.440. The predicted molar refractivity (Wildman–Crippen MR) is 135 cm³/mol. The number of hydrogen-bond acceptors (Lipinski definition) is 10. The Morgan fingerprint density at radius 1 is 0.946 bits per heavy atom. The summed E-state index contributed by atoms with van der Waals surface area (Å²) in [6.45, 7) is 3.56. The molecule has 0 aliphatic carbocycles. The monoisotopic (exact) mass is 556 g/mol. The molecule has 0 N–H and O–H groups in total. The average molecular weight is 557 g/mol. The molecular weight excluding hydrogens is 524 g/mol. The number of rotatable bonds is 14. The van der Waals surface area contributed by atoms with Crippen LogP contribution in [0.3, 0.4) is 0 Å². The second-order valence-electron chi connectivity index (χ2n) is 8.54. The second kappa shape index (κ2) is 12.6. The Labute approximate surface area is 218 Å². The van der Waals surface area contributed by atoms with Gasteiger partial charge >= 0.3 is 0 Å². The van der Waals surface area contributed by atoms with Crippen molar-refractivity contribution in [1.29, 1.82) is 0 Å². The summed E-state index contributed by atoms with van der Waals surface area (Å²) in [5, 5.41) is 0. The lowest BCUT2D eigenvalue weighted by molar-refractivity contribution is -0.179. The SMILES string of the molecule is C=C[C@@]1(OCc2ccccc2)[C@@H]([C@@H](COS(C)(=O)=O)OCc2ccccc2)O[C@@H](OC)[C@@H]1OS(C)(=O)=O. The molecule has 1 aliphatic heterocycles. The summed E-state index contributed by atoms with van der Waals surface area (Å²) in [7, 11) is -6.54. The molecule has 3 rings (SSSR count). The van der Waals surface area contributed by atoms with Crippen molar-refractivity contribution in [1.82, 2.24) is 0 Å². The third-order valence-electron chi connectivity index (χ3n) is 5.67. The normalized spacial score (nSPS) is 25.1. The number of methoxy groups -OCH3 is 1. The lowest BCUT2D eigenvalue weighted by atomic mass is 9.88. The standard InChI is InChI=1S/C25H32O10S2/c1-5-25(32-17-20-14-10-7-11-15-20)22(34-24(30-2)23(25)35-37(4,28)29)21(18-33-36(3,26)27)31-16-19-12-8-6-9-13-19/h5-15,21-24H,1,16-18H2,2-4H3/t21-,22-,23+,24-,25-/m1/s1. The first-order chi connectivity index (χ1) is 17.5. The van der Waals surface area contributed by atoms with E-state index in [0.29, 0.717) is 0 Å². The van der Waals surface area contributed by atoms with Crippen molar-refractivity contribution >= 4 is 20.2 Å². The van der Waals surface area contributed by atoms with E-state index in [9.17, 15) is 16.8 Å². The van der Waals surface area contributed by atoms with Gasteiger partial charge in [-0.25, -0.2) is 0 Å². The average Bonchev–Trinajstić information content (AvgIpc) is 3.15. The Balaban J connectivity index is 2.02. The Hall–Kier alpha value is -2.16. The molecule has 10 nitrogen and oxygen atoms in total. The molecule has 1 heterocycles. The first kappa shape index (κ1) is 29.4. The highest BCUT2D eigenvalue weighted by atomic mass is 32.2. The van der Waals surface area contributed by atoms with Crippen molar-refractivity contribution in [3.8, 4) is 0 Å². The van der Waals surface area contributed by atoms with Crippen LogP contribution < -0.4 is 0 Å². The van der Waals surface area contributed by atoms with Gasteiger partial charge in [0, 0.05) is 7.11 Å². The first-order valence-electron chi connectivity index (χ1n) is 11.4. The van der Waals surface area contributed by atoms with Crippen molar-refractivity contribution in [2.24, 2.45) is 0 Å². The third-order valence-corrected chi connectivity index (χ3v) is 6.79. The quantitative estimate of drug-likeness (QED) is 0.253. The van der Waals surface area contributed by atoms with E-state index in [1.807, 2.05) is 60.7 Å². The van der Waals surface area contributed by atoms with Gasteiger partial charge in [0.05, 0.1) is 32.3 Å². The number of hydrogen-bond donors (Lipinski definition) is 0. The van der Waals surface area contributed by atoms with E-state index in [-0.39, 0.29) is 13.2 Å². The van der Waals surface area contributed by atoms with Gasteiger partial charge in [0.1, 0.15) is 17.8 Å². The van der Waals surface area contributed by atoms with Crippen LogP contribution in [0.5, 0.6) is 0 Å². The maximum absolute atomic E-state index is 12.2. The highest BCUT2D eigenvalue weighted by Crippen LogP contribution is 2.42. The fourth-order valence-corrected chi connectivity index (χ4v) is 4.99. The summed E-state index contributed by atoms with van der Waals surface area (Å²) in [6.07, 6.45) is -1.54. The van der Waals surface area contributed by atoms with E-state index in [1.165, 1.54) is 13.2 Å². The Morgan fingerprint density at radius 3 is 2.00 bits per heavy atom. The molecule has 2 aromatic rings. The second-order valence-corrected chi connectivity index (χ2v) is 11.8. The summed E-state index contributed by atoms with van der Waals surface area (Å²) < 4.78 is 82.4.